The molecule has 0 spiro atoms. The van der Waals surface area contributed by atoms with Crippen LogP contribution in [0.4, 0.5) is 18.9 Å². The third-order valence-electron chi connectivity index (χ3n) is 3.33. The molecule has 0 heterocycles. The molecule has 1 amide bonds. The zero-order valence-corrected chi connectivity index (χ0v) is 13.2. The maximum atomic E-state index is 12.9. The highest BCUT2D eigenvalue weighted by Gasteiger charge is 2.33. The highest BCUT2D eigenvalue weighted by Crippen LogP contribution is 2.34. The number of nitrogens with one attached hydrogen (secondary N) is 2. The maximum Gasteiger partial charge on any atom is 0.418 e. The van der Waals surface area contributed by atoms with Crippen molar-refractivity contribution in [2.75, 3.05) is 12.0 Å². The lowest BCUT2D eigenvalue weighted by molar-refractivity contribution is -0.137. The number of anilines is 1. The van der Waals surface area contributed by atoms with E-state index < -0.39 is 17.6 Å². The first kappa shape index (κ1) is 17.7. The summed E-state index contributed by atoms with van der Waals surface area (Å²) in [6, 6.07) is 10.4. The van der Waals surface area contributed by atoms with E-state index in [0.717, 1.165) is 17.2 Å². The van der Waals surface area contributed by atoms with Gasteiger partial charge in [0.1, 0.15) is 5.75 Å². The van der Waals surface area contributed by atoms with Gasteiger partial charge in [-0.1, -0.05) is 30.3 Å². The Morgan fingerprint density at radius 2 is 1.67 bits per heavy atom. The number of aryl methyl sites for hydroxylation is 2. The molecule has 4 nitrogen and oxygen atoms in total. The van der Waals surface area contributed by atoms with Crippen LogP contribution < -0.4 is 15.6 Å². The third kappa shape index (κ3) is 4.41. The van der Waals surface area contributed by atoms with Gasteiger partial charge in [-0.05, 0) is 37.1 Å². The number of halogens is 3. The largest absolute Gasteiger partial charge is 0.483 e. The van der Waals surface area contributed by atoms with Crippen molar-refractivity contribution in [3.8, 4) is 5.75 Å². The number of para-hydroxylation sites is 2. The molecule has 2 aromatic carbocycles. The Hall–Kier alpha value is -2.70. The molecule has 0 unspecified atom stereocenters. The lowest BCUT2D eigenvalue weighted by atomic mass is 10.1. The highest BCUT2D eigenvalue weighted by atomic mass is 19.4. The van der Waals surface area contributed by atoms with Gasteiger partial charge >= 0.3 is 6.18 Å². The van der Waals surface area contributed by atoms with Gasteiger partial charge < -0.3 is 4.74 Å². The van der Waals surface area contributed by atoms with Crippen molar-refractivity contribution < 1.29 is 22.7 Å². The summed E-state index contributed by atoms with van der Waals surface area (Å²) >= 11 is 0. The first-order valence-electron chi connectivity index (χ1n) is 7.19. The van der Waals surface area contributed by atoms with E-state index in [4.69, 9.17) is 4.74 Å². The van der Waals surface area contributed by atoms with E-state index in [9.17, 15) is 18.0 Å². The summed E-state index contributed by atoms with van der Waals surface area (Å²) in [6.45, 7) is 3.38. The second kappa shape index (κ2) is 7.25. The first-order valence-corrected chi connectivity index (χ1v) is 7.19. The number of amides is 1. The summed E-state index contributed by atoms with van der Waals surface area (Å²) in [6.07, 6.45) is -4.51. The SMILES string of the molecule is Cc1cccc(C)c1OCC(=O)NNc1ccccc1C(F)(F)F. The minimum Gasteiger partial charge on any atom is -0.483 e. The molecule has 2 N–H and O–H groups in total. The number of hydrogen-bond donors (Lipinski definition) is 2. The molecular formula is C17H17F3N2O2. The molecule has 2 rings (SSSR count). The van der Waals surface area contributed by atoms with Crippen LogP contribution in [0.3, 0.4) is 0 Å². The Kier molecular flexibility index (Phi) is 5.33. The van der Waals surface area contributed by atoms with Crippen molar-refractivity contribution in [3.63, 3.8) is 0 Å². The van der Waals surface area contributed by atoms with Gasteiger partial charge in [-0.2, -0.15) is 13.2 Å². The zero-order chi connectivity index (χ0) is 17.7. The van der Waals surface area contributed by atoms with Gasteiger partial charge in [-0.15, -0.1) is 0 Å². The molecule has 7 heteroatoms. The molecule has 0 bridgehead atoms. The monoisotopic (exact) mass is 338 g/mol. The van der Waals surface area contributed by atoms with Gasteiger partial charge in [-0.25, -0.2) is 0 Å². The van der Waals surface area contributed by atoms with E-state index in [1.807, 2.05) is 32.0 Å². The van der Waals surface area contributed by atoms with Crippen molar-refractivity contribution in [3.05, 3.63) is 59.2 Å². The van der Waals surface area contributed by atoms with Gasteiger partial charge in [0.05, 0.1) is 11.3 Å². The fourth-order valence-electron chi connectivity index (χ4n) is 2.18. The average molecular weight is 338 g/mol. The number of alkyl halides is 3. The predicted molar refractivity (Wildman–Crippen MR) is 84.6 cm³/mol. The smallest absolute Gasteiger partial charge is 0.418 e. The summed E-state index contributed by atoms with van der Waals surface area (Å²) < 4.78 is 44.0. The summed E-state index contributed by atoms with van der Waals surface area (Å²) in [5.74, 6) is -0.00188. The minimum absolute atomic E-state index is 0.231. The van der Waals surface area contributed by atoms with E-state index >= 15 is 0 Å². The summed E-state index contributed by atoms with van der Waals surface area (Å²) in [4.78, 5) is 11.8. The van der Waals surface area contributed by atoms with Crippen LogP contribution >= 0.6 is 0 Å². The third-order valence-corrected chi connectivity index (χ3v) is 3.33. The molecule has 0 aromatic heterocycles. The second-order valence-corrected chi connectivity index (χ2v) is 5.23. The Bertz CT molecular complexity index is 710. The quantitative estimate of drug-likeness (QED) is 0.815. The Labute approximate surface area is 137 Å². The van der Waals surface area contributed by atoms with Crippen molar-refractivity contribution in [2.24, 2.45) is 0 Å². The fourth-order valence-corrected chi connectivity index (χ4v) is 2.18. The van der Waals surface area contributed by atoms with Crippen molar-refractivity contribution in [2.45, 2.75) is 20.0 Å². The van der Waals surface area contributed by atoms with Crippen LogP contribution in [0, 0.1) is 13.8 Å². The molecule has 0 saturated heterocycles. The maximum absolute atomic E-state index is 12.9. The molecule has 0 aliphatic heterocycles. The van der Waals surface area contributed by atoms with Crippen LogP contribution in [0.25, 0.3) is 0 Å². The summed E-state index contributed by atoms with van der Waals surface area (Å²) in [5.41, 5.74) is 5.15. The van der Waals surface area contributed by atoms with Crippen LogP contribution in [0.1, 0.15) is 16.7 Å². The Morgan fingerprint density at radius 1 is 1.04 bits per heavy atom. The minimum atomic E-state index is -4.51. The molecular weight excluding hydrogens is 321 g/mol. The molecule has 24 heavy (non-hydrogen) atoms. The molecule has 0 saturated carbocycles. The predicted octanol–water partition coefficient (Wildman–Crippen LogP) is 3.84. The van der Waals surface area contributed by atoms with Crippen LogP contribution in [-0.4, -0.2) is 12.5 Å². The number of carbonyl (C=O) groups is 1. The Morgan fingerprint density at radius 3 is 2.29 bits per heavy atom. The molecule has 0 atom stereocenters. The standard InChI is InChI=1S/C17H17F3N2O2/c1-11-6-5-7-12(2)16(11)24-10-15(23)22-21-14-9-4-3-8-13(14)17(18,19)20/h3-9,21H,10H2,1-2H3,(H,22,23). The Balaban J connectivity index is 1.95. The van der Waals surface area contributed by atoms with E-state index in [2.05, 4.69) is 10.9 Å². The van der Waals surface area contributed by atoms with Gasteiger partial charge in [0.25, 0.3) is 5.91 Å². The summed E-state index contributed by atoms with van der Waals surface area (Å²) in [7, 11) is 0. The highest BCUT2D eigenvalue weighted by molar-refractivity contribution is 5.79. The molecule has 0 fully saturated rings. The van der Waals surface area contributed by atoms with Crippen molar-refractivity contribution in [1.29, 1.82) is 0 Å². The normalized spacial score (nSPS) is 11.0. The van der Waals surface area contributed by atoms with Gasteiger partial charge in [0.2, 0.25) is 0 Å². The second-order valence-electron chi connectivity index (χ2n) is 5.23. The van der Waals surface area contributed by atoms with Crippen LogP contribution in [0.5, 0.6) is 5.75 Å². The van der Waals surface area contributed by atoms with E-state index in [-0.39, 0.29) is 12.3 Å². The van der Waals surface area contributed by atoms with Crippen LogP contribution in [0.2, 0.25) is 0 Å². The topological polar surface area (TPSA) is 50.4 Å². The number of hydrogen-bond acceptors (Lipinski definition) is 3. The van der Waals surface area contributed by atoms with E-state index in [1.165, 1.54) is 18.2 Å². The van der Waals surface area contributed by atoms with Crippen LogP contribution in [-0.2, 0) is 11.0 Å². The first-order chi connectivity index (χ1) is 11.3. The van der Waals surface area contributed by atoms with Gasteiger partial charge in [0, 0.05) is 0 Å². The number of ether oxygens (including phenoxy) is 1. The number of hydrazine groups is 1. The van der Waals surface area contributed by atoms with Gasteiger partial charge in [0.15, 0.2) is 6.61 Å². The summed E-state index contributed by atoms with van der Waals surface area (Å²) in [5, 5.41) is 0. The molecule has 0 aliphatic rings. The number of rotatable bonds is 5. The van der Waals surface area contributed by atoms with E-state index in [1.54, 1.807) is 0 Å². The van der Waals surface area contributed by atoms with E-state index in [0.29, 0.717) is 5.75 Å². The lowest BCUT2D eigenvalue weighted by Gasteiger charge is -2.16. The van der Waals surface area contributed by atoms with Gasteiger partial charge in [-0.3, -0.25) is 15.6 Å². The van der Waals surface area contributed by atoms with Crippen molar-refractivity contribution in [1.82, 2.24) is 5.43 Å². The molecule has 2 aromatic rings. The van der Waals surface area contributed by atoms with Crippen LogP contribution in [0.15, 0.2) is 42.5 Å². The fraction of sp³-hybridized carbons (Fsp3) is 0.235. The number of benzene rings is 2. The van der Waals surface area contributed by atoms with Crippen molar-refractivity contribution >= 4 is 11.6 Å². The number of carbonyl (C=O) groups excluding carboxylic acids is 1. The zero-order valence-electron chi connectivity index (χ0n) is 13.2. The molecule has 128 valence electrons. The molecule has 0 aliphatic carbocycles. The average Bonchev–Trinajstić information content (AvgIpc) is 2.52. The lowest BCUT2D eigenvalue weighted by Crippen LogP contribution is -2.34. The molecule has 0 radical (unpaired) electrons.